The van der Waals surface area contributed by atoms with Crippen molar-refractivity contribution in [2.45, 2.75) is 131 Å². The third kappa shape index (κ3) is 23.2. The average Bonchev–Trinajstić information content (AvgIpc) is 2.58. The second-order valence-electron chi connectivity index (χ2n) is 14.1. The van der Waals surface area contributed by atoms with Crippen molar-refractivity contribution in [3.05, 3.63) is 0 Å². The highest BCUT2D eigenvalue weighted by atomic mass is 28.5. The Morgan fingerprint density at radius 3 is 0.837 bits per heavy atom. The van der Waals surface area contributed by atoms with E-state index in [1.807, 2.05) is 19.6 Å². The van der Waals surface area contributed by atoms with E-state index in [2.05, 4.69) is 111 Å². The first kappa shape index (κ1) is 45.2. The van der Waals surface area contributed by atoms with Crippen LogP contribution in [0, 0.1) is 0 Å². The summed E-state index contributed by atoms with van der Waals surface area (Å²) in [5, 5.41) is 0. The first-order chi connectivity index (χ1) is 18.9. The van der Waals surface area contributed by atoms with Gasteiger partial charge in [0.1, 0.15) is 0 Å². The number of hydrogen-bond acceptors (Lipinski definition) is 11. The zero-order chi connectivity index (χ0) is 34.2. The molecule has 0 aliphatic heterocycles. The lowest BCUT2D eigenvalue weighted by molar-refractivity contribution is 0.262. The van der Waals surface area contributed by atoms with Crippen LogP contribution in [0.3, 0.4) is 0 Å². The standard InChI is InChI=1S/C20H66O11Si12/c1-32(2)21-34(5)22-35(6)23-36(7)24-37(8)26-39(11,12)28-41(15,16)30-43(19,20)31-42(17,18)29-40(13,14)27-38(9,10)25-33(3)4/h32-37H,1-20H3. The molecule has 0 saturated carbocycles. The molecule has 0 N–H and O–H groups in total. The Morgan fingerprint density at radius 1 is 0.279 bits per heavy atom. The summed E-state index contributed by atoms with van der Waals surface area (Å²) in [6, 6.07) is 0. The minimum Gasteiger partial charge on any atom is -0.442 e. The van der Waals surface area contributed by atoms with Crippen LogP contribution in [0.5, 0.6) is 0 Å². The molecular weight excluding hydrogens is 753 g/mol. The Labute approximate surface area is 281 Å². The van der Waals surface area contributed by atoms with Crippen LogP contribution in [-0.2, 0) is 45.3 Å². The highest BCUT2D eigenvalue weighted by Crippen LogP contribution is 2.28. The largest absolute Gasteiger partial charge is 0.442 e. The summed E-state index contributed by atoms with van der Waals surface area (Å²) >= 11 is 0. The van der Waals surface area contributed by atoms with Crippen molar-refractivity contribution in [1.82, 2.24) is 0 Å². The van der Waals surface area contributed by atoms with Gasteiger partial charge in [-0.1, -0.05) is 0 Å². The maximum atomic E-state index is 6.69. The first-order valence-corrected chi connectivity index (χ1v) is 46.3. The third-order valence-corrected chi connectivity index (χ3v) is 45.4. The predicted octanol–water partition coefficient (Wildman–Crippen LogP) is 4.75. The van der Waals surface area contributed by atoms with Crippen LogP contribution in [0.15, 0.2) is 0 Å². The second kappa shape index (κ2) is 18.2. The summed E-state index contributed by atoms with van der Waals surface area (Å²) in [6.07, 6.45) is 0. The second-order valence-corrected chi connectivity index (χ2v) is 49.9. The van der Waals surface area contributed by atoms with E-state index in [0.717, 1.165) is 0 Å². The van der Waals surface area contributed by atoms with E-state index in [9.17, 15) is 0 Å². The minimum absolute atomic E-state index is 1.10. The Morgan fingerprint density at radius 2 is 0.535 bits per heavy atom. The SMILES string of the molecule is C[SiH](C)O[SiH](C)O[SiH](C)O[SiH](C)O[SiH](C)O[Si](C)(C)O[Si](C)(C)O[Si](C)(C)O[Si](C)(C)O[Si](C)(C)O[Si](C)(C)O[SiH](C)C. The molecule has 0 aromatic heterocycles. The molecule has 0 bridgehead atoms. The van der Waals surface area contributed by atoms with Crippen molar-refractivity contribution < 1.29 is 45.3 Å². The van der Waals surface area contributed by atoms with Crippen LogP contribution in [0.2, 0.25) is 131 Å². The van der Waals surface area contributed by atoms with Gasteiger partial charge in [0.25, 0.3) is 37.1 Å². The Kier molecular flexibility index (Phi) is 19.2. The van der Waals surface area contributed by atoms with E-state index >= 15 is 0 Å². The van der Waals surface area contributed by atoms with Gasteiger partial charge in [0.15, 0.2) is 18.1 Å². The van der Waals surface area contributed by atoms with E-state index in [1.165, 1.54) is 0 Å². The van der Waals surface area contributed by atoms with Gasteiger partial charge in [-0.2, -0.15) is 0 Å². The lowest BCUT2D eigenvalue weighted by atomic mass is 11.9. The number of rotatable bonds is 22. The summed E-state index contributed by atoms with van der Waals surface area (Å²) < 4.78 is 70.3. The monoisotopic (exact) mass is 818 g/mol. The summed E-state index contributed by atoms with van der Waals surface area (Å²) in [4.78, 5) is 0. The predicted molar refractivity (Wildman–Crippen MR) is 207 cm³/mol. The maximum absolute atomic E-state index is 6.69. The summed E-state index contributed by atoms with van der Waals surface area (Å²) in [5.74, 6) is 0. The third-order valence-electron chi connectivity index (χ3n) is 5.04. The molecule has 0 spiro atoms. The molecule has 43 heavy (non-hydrogen) atoms. The lowest BCUT2D eigenvalue weighted by Gasteiger charge is -2.43. The lowest BCUT2D eigenvalue weighted by Crippen LogP contribution is -2.61. The molecule has 260 valence electrons. The Hall–Kier alpha value is 2.16. The van der Waals surface area contributed by atoms with Crippen molar-refractivity contribution in [2.75, 3.05) is 0 Å². The van der Waals surface area contributed by atoms with Crippen LogP contribution in [0.25, 0.3) is 0 Å². The molecular formula is C20H66O11Si12. The van der Waals surface area contributed by atoms with Gasteiger partial charge in [-0.3, -0.25) is 0 Å². The molecule has 0 saturated heterocycles. The summed E-state index contributed by atoms with van der Waals surface area (Å²) in [5.41, 5.74) is 0. The fourth-order valence-electron chi connectivity index (χ4n) is 5.38. The molecule has 0 aliphatic rings. The zero-order valence-electron chi connectivity index (χ0n) is 31.0. The average molecular weight is 820 g/mol. The molecule has 4 atom stereocenters. The van der Waals surface area contributed by atoms with Crippen LogP contribution in [0.4, 0.5) is 0 Å². The molecule has 0 aromatic rings. The van der Waals surface area contributed by atoms with Gasteiger partial charge >= 0.3 is 51.4 Å². The van der Waals surface area contributed by atoms with Gasteiger partial charge in [0.2, 0.25) is 0 Å². The van der Waals surface area contributed by atoms with Crippen LogP contribution in [0.1, 0.15) is 0 Å². The molecule has 0 amide bonds. The normalized spacial score (nSPS) is 17.4. The molecule has 11 nitrogen and oxygen atoms in total. The van der Waals surface area contributed by atoms with Gasteiger partial charge < -0.3 is 45.3 Å². The van der Waals surface area contributed by atoms with Crippen molar-refractivity contribution in [1.29, 1.82) is 0 Å². The van der Waals surface area contributed by atoms with E-state index < -0.39 is 107 Å². The molecule has 4 unspecified atom stereocenters. The molecule has 0 heterocycles. The van der Waals surface area contributed by atoms with E-state index in [0.29, 0.717) is 0 Å². The van der Waals surface area contributed by atoms with Crippen LogP contribution in [-0.4, -0.2) is 107 Å². The highest BCUT2D eigenvalue weighted by molar-refractivity contribution is 6.91. The quantitative estimate of drug-likeness (QED) is 0.142. The van der Waals surface area contributed by atoms with Gasteiger partial charge in [-0.15, -0.1) is 0 Å². The smallest absolute Gasteiger partial charge is 0.314 e. The molecule has 23 heteroatoms. The van der Waals surface area contributed by atoms with Crippen molar-refractivity contribution >= 4 is 107 Å². The van der Waals surface area contributed by atoms with Crippen LogP contribution >= 0.6 is 0 Å². The fraction of sp³-hybridized carbons (Fsp3) is 1.00. The molecule has 0 aromatic carbocycles. The fourth-order valence-corrected chi connectivity index (χ4v) is 53.0. The molecule has 0 aliphatic carbocycles. The van der Waals surface area contributed by atoms with Gasteiger partial charge in [-0.05, 0) is 131 Å². The van der Waals surface area contributed by atoms with Gasteiger partial charge in [-0.25, -0.2) is 0 Å². The van der Waals surface area contributed by atoms with E-state index in [-0.39, 0.29) is 0 Å². The molecule has 0 fully saturated rings. The Bertz CT molecular complexity index is 821. The minimum atomic E-state index is -2.62. The summed E-state index contributed by atoms with van der Waals surface area (Å²) in [7, 11) is -24.7. The Balaban J connectivity index is 5.08. The van der Waals surface area contributed by atoms with Crippen molar-refractivity contribution in [3.63, 3.8) is 0 Å². The topological polar surface area (TPSA) is 102 Å². The van der Waals surface area contributed by atoms with E-state index in [1.54, 1.807) is 0 Å². The van der Waals surface area contributed by atoms with Crippen molar-refractivity contribution in [2.24, 2.45) is 0 Å². The van der Waals surface area contributed by atoms with Gasteiger partial charge in [0.05, 0.1) is 0 Å². The highest BCUT2D eigenvalue weighted by Gasteiger charge is 2.48. The van der Waals surface area contributed by atoms with Gasteiger partial charge in [0, 0.05) is 0 Å². The number of hydrogen-bond donors (Lipinski definition) is 0. The molecule has 0 radical (unpaired) electrons. The zero-order valence-corrected chi connectivity index (χ0v) is 43.9. The summed E-state index contributed by atoms with van der Waals surface area (Å²) in [6.45, 7) is 41.7. The van der Waals surface area contributed by atoms with Crippen molar-refractivity contribution in [3.8, 4) is 0 Å². The maximum Gasteiger partial charge on any atom is 0.314 e. The molecule has 0 rings (SSSR count). The van der Waals surface area contributed by atoms with Crippen LogP contribution < -0.4 is 0 Å². The van der Waals surface area contributed by atoms with E-state index in [4.69, 9.17) is 45.3 Å². The first-order valence-electron chi connectivity index (χ1n) is 15.4.